The van der Waals surface area contributed by atoms with Crippen LogP contribution in [-0.4, -0.2) is 54.6 Å². The zero-order valence-corrected chi connectivity index (χ0v) is 11.6. The highest BCUT2D eigenvalue weighted by atomic mass is 15.2. The second-order valence-electron chi connectivity index (χ2n) is 6.09. The van der Waals surface area contributed by atoms with Crippen molar-refractivity contribution in [2.75, 3.05) is 32.7 Å². The van der Waals surface area contributed by atoms with Crippen LogP contribution >= 0.6 is 0 Å². The van der Waals surface area contributed by atoms with Crippen LogP contribution in [0.15, 0.2) is 0 Å². The Morgan fingerprint density at radius 1 is 1.06 bits per heavy atom. The van der Waals surface area contributed by atoms with Crippen molar-refractivity contribution in [3.63, 3.8) is 0 Å². The first-order valence-corrected chi connectivity index (χ1v) is 7.39. The van der Waals surface area contributed by atoms with E-state index in [1.54, 1.807) is 0 Å². The predicted molar refractivity (Wildman–Crippen MR) is 73.1 cm³/mol. The van der Waals surface area contributed by atoms with Crippen LogP contribution in [0.2, 0.25) is 0 Å². The third-order valence-corrected chi connectivity index (χ3v) is 4.70. The van der Waals surface area contributed by atoms with Crippen molar-refractivity contribution in [2.24, 2.45) is 11.7 Å². The van der Waals surface area contributed by atoms with Gasteiger partial charge in [0, 0.05) is 18.6 Å². The van der Waals surface area contributed by atoms with Gasteiger partial charge in [-0.3, -0.25) is 4.90 Å². The van der Waals surface area contributed by atoms with Gasteiger partial charge in [-0.25, -0.2) is 0 Å². The Labute approximate surface area is 106 Å². The number of likely N-dealkylation sites (tertiary alicyclic amines) is 2. The Bertz CT molecular complexity index is 216. The standard InChI is InChI=1S/C14H29N3/c1-12(15)13(2)17-9-5-14(6-10-17)11-16-7-3-4-8-16/h12-14H,3-11,15H2,1-2H3. The number of nitrogens with two attached hydrogens (primary N) is 1. The van der Waals surface area contributed by atoms with Crippen molar-refractivity contribution in [1.82, 2.24) is 9.80 Å². The summed E-state index contributed by atoms with van der Waals surface area (Å²) >= 11 is 0. The van der Waals surface area contributed by atoms with Gasteiger partial charge < -0.3 is 10.6 Å². The molecule has 0 amide bonds. The third kappa shape index (κ3) is 3.67. The van der Waals surface area contributed by atoms with E-state index in [9.17, 15) is 0 Å². The Morgan fingerprint density at radius 3 is 2.18 bits per heavy atom. The summed E-state index contributed by atoms with van der Waals surface area (Å²) in [7, 11) is 0. The first-order valence-electron chi connectivity index (χ1n) is 7.39. The van der Waals surface area contributed by atoms with E-state index in [1.165, 1.54) is 58.4 Å². The summed E-state index contributed by atoms with van der Waals surface area (Å²) in [4.78, 5) is 5.24. The lowest BCUT2D eigenvalue weighted by molar-refractivity contribution is 0.112. The topological polar surface area (TPSA) is 32.5 Å². The molecule has 2 aliphatic heterocycles. The number of hydrogen-bond donors (Lipinski definition) is 1. The molecule has 0 aromatic rings. The Balaban J connectivity index is 1.70. The maximum absolute atomic E-state index is 5.98. The van der Waals surface area contributed by atoms with E-state index < -0.39 is 0 Å². The summed E-state index contributed by atoms with van der Waals surface area (Å²) in [5, 5.41) is 0. The number of hydrogen-bond acceptors (Lipinski definition) is 3. The Kier molecular flexibility index (Phi) is 4.83. The Hall–Kier alpha value is -0.120. The van der Waals surface area contributed by atoms with Gasteiger partial charge in [0.2, 0.25) is 0 Å². The first-order chi connectivity index (χ1) is 8.16. The van der Waals surface area contributed by atoms with E-state index in [-0.39, 0.29) is 0 Å². The number of rotatable bonds is 4. The van der Waals surface area contributed by atoms with Gasteiger partial charge in [-0.1, -0.05) is 0 Å². The van der Waals surface area contributed by atoms with Crippen molar-refractivity contribution in [3.05, 3.63) is 0 Å². The smallest absolute Gasteiger partial charge is 0.0216 e. The largest absolute Gasteiger partial charge is 0.327 e. The molecule has 3 heteroatoms. The molecule has 0 bridgehead atoms. The monoisotopic (exact) mass is 239 g/mol. The lowest BCUT2D eigenvalue weighted by Crippen LogP contribution is -2.48. The van der Waals surface area contributed by atoms with E-state index in [1.807, 2.05) is 0 Å². The summed E-state index contributed by atoms with van der Waals surface area (Å²) in [5.41, 5.74) is 5.98. The molecule has 0 aliphatic carbocycles. The molecule has 2 atom stereocenters. The molecule has 100 valence electrons. The fourth-order valence-electron chi connectivity index (χ4n) is 3.21. The summed E-state index contributed by atoms with van der Waals surface area (Å²) in [5.74, 6) is 0.935. The lowest BCUT2D eigenvalue weighted by atomic mass is 9.94. The van der Waals surface area contributed by atoms with Crippen LogP contribution in [0.1, 0.15) is 39.5 Å². The lowest BCUT2D eigenvalue weighted by Gasteiger charge is -2.38. The van der Waals surface area contributed by atoms with Crippen LogP contribution in [-0.2, 0) is 0 Å². The zero-order valence-electron chi connectivity index (χ0n) is 11.6. The van der Waals surface area contributed by atoms with Crippen LogP contribution in [0.25, 0.3) is 0 Å². The highest BCUT2D eigenvalue weighted by Gasteiger charge is 2.26. The van der Waals surface area contributed by atoms with Crippen molar-refractivity contribution in [3.8, 4) is 0 Å². The van der Waals surface area contributed by atoms with Crippen LogP contribution in [0, 0.1) is 5.92 Å². The molecule has 0 saturated carbocycles. The molecular formula is C14H29N3. The van der Waals surface area contributed by atoms with Gasteiger partial charge in [-0.15, -0.1) is 0 Å². The van der Waals surface area contributed by atoms with Gasteiger partial charge in [0.1, 0.15) is 0 Å². The van der Waals surface area contributed by atoms with Gasteiger partial charge in [0.05, 0.1) is 0 Å². The van der Waals surface area contributed by atoms with Crippen LogP contribution in [0.3, 0.4) is 0 Å². The molecule has 2 saturated heterocycles. The average molecular weight is 239 g/mol. The van der Waals surface area contributed by atoms with E-state index in [2.05, 4.69) is 23.6 Å². The van der Waals surface area contributed by atoms with Crippen molar-refractivity contribution < 1.29 is 0 Å². The fourth-order valence-corrected chi connectivity index (χ4v) is 3.21. The summed E-state index contributed by atoms with van der Waals surface area (Å²) in [6.45, 7) is 10.9. The molecule has 2 N–H and O–H groups in total. The normalized spacial score (nSPS) is 28.4. The summed E-state index contributed by atoms with van der Waals surface area (Å²) < 4.78 is 0. The molecule has 17 heavy (non-hydrogen) atoms. The molecule has 2 unspecified atom stereocenters. The van der Waals surface area contributed by atoms with Crippen molar-refractivity contribution >= 4 is 0 Å². The molecular weight excluding hydrogens is 210 g/mol. The van der Waals surface area contributed by atoms with E-state index >= 15 is 0 Å². The Morgan fingerprint density at radius 2 is 1.65 bits per heavy atom. The number of piperidine rings is 1. The number of nitrogens with zero attached hydrogens (tertiary/aromatic N) is 2. The van der Waals surface area contributed by atoms with Gasteiger partial charge in [-0.2, -0.15) is 0 Å². The van der Waals surface area contributed by atoms with Gasteiger partial charge >= 0.3 is 0 Å². The maximum Gasteiger partial charge on any atom is 0.0216 e. The molecule has 2 rings (SSSR count). The highest BCUT2D eigenvalue weighted by molar-refractivity contribution is 4.82. The molecule has 0 aromatic heterocycles. The van der Waals surface area contributed by atoms with E-state index in [0.29, 0.717) is 12.1 Å². The zero-order chi connectivity index (χ0) is 12.3. The van der Waals surface area contributed by atoms with Gasteiger partial charge in [-0.05, 0) is 71.6 Å². The predicted octanol–water partition coefficient (Wildman–Crippen LogP) is 1.53. The average Bonchev–Trinajstić information content (AvgIpc) is 2.82. The van der Waals surface area contributed by atoms with Gasteiger partial charge in [0.15, 0.2) is 0 Å². The molecule has 3 nitrogen and oxygen atoms in total. The van der Waals surface area contributed by atoms with Crippen molar-refractivity contribution in [2.45, 2.75) is 51.6 Å². The minimum Gasteiger partial charge on any atom is -0.327 e. The van der Waals surface area contributed by atoms with E-state index in [0.717, 1.165) is 5.92 Å². The molecule has 2 fully saturated rings. The minimum absolute atomic E-state index is 0.296. The maximum atomic E-state index is 5.98. The van der Waals surface area contributed by atoms with Crippen LogP contribution in [0.4, 0.5) is 0 Å². The molecule has 0 spiro atoms. The molecule has 2 aliphatic rings. The van der Waals surface area contributed by atoms with Crippen molar-refractivity contribution in [1.29, 1.82) is 0 Å². The quantitative estimate of drug-likeness (QED) is 0.807. The first kappa shape index (κ1) is 13.3. The van der Waals surface area contributed by atoms with Crippen LogP contribution < -0.4 is 5.73 Å². The second-order valence-corrected chi connectivity index (χ2v) is 6.09. The molecule has 0 aromatic carbocycles. The SMILES string of the molecule is CC(N)C(C)N1CCC(CN2CCCC2)CC1. The third-order valence-electron chi connectivity index (χ3n) is 4.70. The van der Waals surface area contributed by atoms with Gasteiger partial charge in [0.25, 0.3) is 0 Å². The minimum atomic E-state index is 0.296. The van der Waals surface area contributed by atoms with Crippen LogP contribution in [0.5, 0.6) is 0 Å². The highest BCUT2D eigenvalue weighted by Crippen LogP contribution is 2.22. The fraction of sp³-hybridized carbons (Fsp3) is 1.00. The summed E-state index contributed by atoms with van der Waals surface area (Å²) in [6, 6.07) is 0.841. The molecule has 0 radical (unpaired) electrons. The second kappa shape index (κ2) is 6.17. The van der Waals surface area contributed by atoms with E-state index in [4.69, 9.17) is 5.73 Å². The summed E-state index contributed by atoms with van der Waals surface area (Å²) in [6.07, 6.45) is 5.57. The molecule has 2 heterocycles.